The van der Waals surface area contributed by atoms with Crippen LogP contribution < -0.4 is 20.7 Å². The zero-order chi connectivity index (χ0) is 25.1. The maximum Gasteiger partial charge on any atom is 0.180 e. The Morgan fingerprint density at radius 1 is 0.421 bits per heavy atom. The Bertz CT molecular complexity index is 1930. The van der Waals surface area contributed by atoms with Crippen molar-refractivity contribution in [3.05, 3.63) is 146 Å². The number of hydrogen-bond acceptors (Lipinski definition) is 1. The highest BCUT2D eigenvalue weighted by Gasteiger charge is 2.48. The van der Waals surface area contributed by atoms with Gasteiger partial charge in [-0.3, -0.25) is 0 Å². The number of hydrogen-bond donors (Lipinski definition) is 0. The molecule has 0 spiro atoms. The molecule has 0 amide bonds. The third-order valence-corrected chi connectivity index (χ3v) is 14.2. The second-order valence-corrected chi connectivity index (χ2v) is 14.9. The van der Waals surface area contributed by atoms with Crippen LogP contribution in [0.15, 0.2) is 146 Å². The minimum absolute atomic E-state index is 1.29. The first-order chi connectivity index (χ1) is 18.9. The van der Waals surface area contributed by atoms with Crippen molar-refractivity contribution < 1.29 is 0 Å². The second kappa shape index (κ2) is 8.39. The maximum atomic E-state index is 2.47. The molecule has 178 valence electrons. The molecule has 6 aromatic carbocycles. The van der Waals surface area contributed by atoms with E-state index >= 15 is 0 Å². The van der Waals surface area contributed by atoms with Crippen molar-refractivity contribution >= 4 is 60.3 Å². The molecule has 7 aromatic rings. The van der Waals surface area contributed by atoms with Gasteiger partial charge in [0.25, 0.3) is 0 Å². The van der Waals surface area contributed by atoms with E-state index in [0.29, 0.717) is 0 Å². The summed E-state index contributed by atoms with van der Waals surface area (Å²) in [5.41, 5.74) is 5.37. The molecule has 0 fully saturated rings. The van der Waals surface area contributed by atoms with E-state index in [1.807, 2.05) is 11.3 Å². The van der Waals surface area contributed by atoms with E-state index in [9.17, 15) is 0 Å². The lowest BCUT2D eigenvalue weighted by molar-refractivity contribution is 1.67. The van der Waals surface area contributed by atoms with Crippen molar-refractivity contribution in [1.82, 2.24) is 0 Å². The monoisotopic (exact) mass is 516 g/mol. The van der Waals surface area contributed by atoms with Crippen LogP contribution in [0.5, 0.6) is 0 Å². The van der Waals surface area contributed by atoms with E-state index < -0.39 is 8.07 Å². The second-order valence-electron chi connectivity index (χ2n) is 10.1. The van der Waals surface area contributed by atoms with Gasteiger partial charge in [0.05, 0.1) is 0 Å². The molecule has 1 aliphatic rings. The Hall–Kier alpha value is -4.24. The summed E-state index contributed by atoms with van der Waals surface area (Å²) in [6.45, 7) is 0. The van der Waals surface area contributed by atoms with Crippen LogP contribution in [0.3, 0.4) is 0 Å². The summed E-state index contributed by atoms with van der Waals surface area (Å²) in [5.74, 6) is 0. The first-order valence-electron chi connectivity index (χ1n) is 13.1. The Labute approximate surface area is 227 Å². The highest BCUT2D eigenvalue weighted by Crippen LogP contribution is 2.41. The standard InChI is InChI=1S/C36H24SSi/c1-3-12-26(13-4-1)38(27-14-5-2-6-15-27)34-21-10-8-16-29(34)31-24-25(22-23-35(31)38)28-18-11-20-33-36(28)30-17-7-9-19-32(30)37-33/h1-24H. The van der Waals surface area contributed by atoms with Crippen molar-refractivity contribution in [3.8, 4) is 22.3 Å². The smallest absolute Gasteiger partial charge is 0.135 e. The van der Waals surface area contributed by atoms with E-state index in [1.165, 1.54) is 63.2 Å². The van der Waals surface area contributed by atoms with E-state index in [4.69, 9.17) is 0 Å². The van der Waals surface area contributed by atoms with Gasteiger partial charge in [-0.15, -0.1) is 11.3 Å². The largest absolute Gasteiger partial charge is 0.180 e. The van der Waals surface area contributed by atoms with Gasteiger partial charge in [-0.2, -0.15) is 0 Å². The molecule has 38 heavy (non-hydrogen) atoms. The average Bonchev–Trinajstić information content (AvgIpc) is 3.52. The summed E-state index contributed by atoms with van der Waals surface area (Å²) in [5, 5.41) is 8.58. The lowest BCUT2D eigenvalue weighted by Crippen LogP contribution is -2.72. The average molecular weight is 517 g/mol. The van der Waals surface area contributed by atoms with Crippen LogP contribution in [0.2, 0.25) is 0 Å². The number of fused-ring (bicyclic) bond motifs is 6. The summed E-state index contributed by atoms with van der Waals surface area (Å²) in [7, 11) is -2.43. The van der Waals surface area contributed by atoms with Gasteiger partial charge in [0.15, 0.2) is 8.07 Å². The van der Waals surface area contributed by atoms with Crippen LogP contribution in [0.1, 0.15) is 0 Å². The van der Waals surface area contributed by atoms with E-state index in [1.54, 1.807) is 0 Å². The van der Waals surface area contributed by atoms with E-state index in [2.05, 4.69) is 146 Å². The maximum absolute atomic E-state index is 2.47. The van der Waals surface area contributed by atoms with E-state index in [0.717, 1.165) is 0 Å². The van der Waals surface area contributed by atoms with Gasteiger partial charge >= 0.3 is 0 Å². The van der Waals surface area contributed by atoms with Gasteiger partial charge in [0, 0.05) is 20.2 Å². The normalized spacial score (nSPS) is 13.5. The molecule has 2 heterocycles. The molecule has 0 aliphatic carbocycles. The van der Waals surface area contributed by atoms with Crippen LogP contribution >= 0.6 is 11.3 Å². The first-order valence-corrected chi connectivity index (χ1v) is 15.9. The summed E-state index contributed by atoms with van der Waals surface area (Å²) in [6.07, 6.45) is 0. The summed E-state index contributed by atoms with van der Waals surface area (Å²) < 4.78 is 2.70. The Balaban J connectivity index is 1.45. The molecule has 8 rings (SSSR count). The molecule has 0 radical (unpaired) electrons. The third-order valence-electron chi connectivity index (χ3n) is 8.17. The lowest BCUT2D eigenvalue weighted by atomic mass is 9.96. The zero-order valence-corrected chi connectivity index (χ0v) is 22.6. The summed E-state index contributed by atoms with van der Waals surface area (Å²) >= 11 is 1.89. The van der Waals surface area contributed by atoms with Crippen molar-refractivity contribution in [2.75, 3.05) is 0 Å². The molecule has 1 aromatic heterocycles. The fourth-order valence-electron chi connectivity index (χ4n) is 6.63. The molecule has 0 nitrogen and oxygen atoms in total. The molecule has 0 atom stereocenters. The predicted molar refractivity (Wildman–Crippen MR) is 167 cm³/mol. The first kappa shape index (κ1) is 21.8. The third kappa shape index (κ3) is 2.96. The molecule has 0 saturated heterocycles. The topological polar surface area (TPSA) is 0 Å². The quantitative estimate of drug-likeness (QED) is 0.220. The number of rotatable bonds is 3. The molecule has 0 bridgehead atoms. The van der Waals surface area contributed by atoms with Gasteiger partial charge in [-0.1, -0.05) is 127 Å². The molecule has 0 unspecified atom stereocenters. The Morgan fingerprint density at radius 2 is 1.03 bits per heavy atom. The van der Waals surface area contributed by atoms with Crippen molar-refractivity contribution in [2.24, 2.45) is 0 Å². The summed E-state index contributed by atoms with van der Waals surface area (Å²) in [4.78, 5) is 0. The van der Waals surface area contributed by atoms with Crippen molar-refractivity contribution in [2.45, 2.75) is 0 Å². The molecular formula is C36H24SSi. The van der Waals surface area contributed by atoms with Crippen molar-refractivity contribution in [1.29, 1.82) is 0 Å². The van der Waals surface area contributed by atoms with Gasteiger partial charge in [-0.25, -0.2) is 0 Å². The van der Waals surface area contributed by atoms with Crippen LogP contribution in [0.4, 0.5) is 0 Å². The Morgan fingerprint density at radius 3 is 1.82 bits per heavy atom. The highest BCUT2D eigenvalue weighted by molar-refractivity contribution is 7.26. The number of thiophene rings is 1. The van der Waals surface area contributed by atoms with Crippen molar-refractivity contribution in [3.63, 3.8) is 0 Å². The fraction of sp³-hybridized carbons (Fsp3) is 0. The highest BCUT2D eigenvalue weighted by atomic mass is 32.1. The van der Waals surface area contributed by atoms with Crippen LogP contribution in [-0.2, 0) is 0 Å². The Kier molecular flexibility index (Phi) is 4.81. The van der Waals surface area contributed by atoms with Gasteiger partial charge in [-0.05, 0) is 61.2 Å². The molecule has 2 heteroatoms. The SMILES string of the molecule is c1ccc([Si]2(c3ccccc3)c3ccccc3-c3cc(-c4cccc5sc6ccccc6c45)ccc32)cc1. The van der Waals surface area contributed by atoms with Gasteiger partial charge in [0.1, 0.15) is 0 Å². The molecule has 1 aliphatic heterocycles. The van der Waals surface area contributed by atoms with Crippen LogP contribution in [0.25, 0.3) is 42.4 Å². The molecular weight excluding hydrogens is 493 g/mol. The predicted octanol–water partition coefficient (Wildman–Crippen LogP) is 7.08. The molecule has 0 N–H and O–H groups in total. The number of benzene rings is 6. The van der Waals surface area contributed by atoms with Gasteiger partial charge < -0.3 is 0 Å². The summed E-state index contributed by atoms with van der Waals surface area (Å²) in [6, 6.07) is 54.4. The van der Waals surface area contributed by atoms with Crippen LogP contribution in [-0.4, -0.2) is 8.07 Å². The van der Waals surface area contributed by atoms with Crippen LogP contribution in [0, 0.1) is 0 Å². The zero-order valence-electron chi connectivity index (χ0n) is 20.8. The minimum atomic E-state index is -2.43. The van der Waals surface area contributed by atoms with E-state index in [-0.39, 0.29) is 0 Å². The minimum Gasteiger partial charge on any atom is -0.135 e. The fourth-order valence-corrected chi connectivity index (χ4v) is 12.9. The molecule has 0 saturated carbocycles. The van der Waals surface area contributed by atoms with Gasteiger partial charge in [0.2, 0.25) is 0 Å². The lowest BCUT2D eigenvalue weighted by Gasteiger charge is -2.31.